The topological polar surface area (TPSA) is 49.0 Å². The van der Waals surface area contributed by atoms with Gasteiger partial charge in [-0.25, -0.2) is 14.3 Å². The third-order valence-corrected chi connectivity index (χ3v) is 5.96. The predicted molar refractivity (Wildman–Crippen MR) is 107 cm³/mol. The summed E-state index contributed by atoms with van der Waals surface area (Å²) >= 11 is 3.52. The van der Waals surface area contributed by atoms with Crippen molar-refractivity contribution in [3.8, 4) is 0 Å². The smallest absolute Gasteiger partial charge is 0.334 e. The highest BCUT2D eigenvalue weighted by molar-refractivity contribution is 9.10. The Labute approximate surface area is 162 Å². The summed E-state index contributed by atoms with van der Waals surface area (Å²) < 4.78 is 10.5. The van der Waals surface area contributed by atoms with E-state index in [1.165, 1.54) is 6.42 Å². The fourth-order valence-electron chi connectivity index (χ4n) is 4.52. The van der Waals surface area contributed by atoms with Crippen LogP contribution in [0.4, 0.5) is 0 Å². The zero-order chi connectivity index (χ0) is 18.3. The number of ether oxygens (including phenoxy) is 1. The van der Waals surface area contributed by atoms with Crippen molar-refractivity contribution in [2.75, 3.05) is 0 Å². The molecular weight excluding hydrogens is 394 g/mol. The number of hydrogen-bond donors (Lipinski definition) is 0. The van der Waals surface area contributed by atoms with E-state index in [0.29, 0.717) is 5.92 Å². The number of hydrogen-bond acceptors (Lipinski definition) is 3. The quantitative estimate of drug-likeness (QED) is 0.731. The lowest BCUT2D eigenvalue weighted by atomic mass is 9.92. The molecule has 3 heterocycles. The Morgan fingerprint density at radius 1 is 1.27 bits per heavy atom. The first-order valence-electron chi connectivity index (χ1n) is 9.64. The van der Waals surface area contributed by atoms with Gasteiger partial charge in [0, 0.05) is 22.9 Å². The molecule has 1 saturated heterocycles. The second-order valence-corrected chi connectivity index (χ2v) is 8.68. The van der Waals surface area contributed by atoms with Gasteiger partial charge < -0.3 is 4.74 Å². The van der Waals surface area contributed by atoms with Gasteiger partial charge in [-0.15, -0.1) is 0 Å². The summed E-state index contributed by atoms with van der Waals surface area (Å²) in [7, 11) is 0. The number of allylic oxidation sites excluding steroid dienone is 2. The molecule has 0 aromatic carbocycles. The first-order chi connectivity index (χ1) is 12.5. The van der Waals surface area contributed by atoms with E-state index in [0.717, 1.165) is 60.0 Å². The van der Waals surface area contributed by atoms with Gasteiger partial charge >= 0.3 is 5.69 Å². The molecule has 0 radical (unpaired) electrons. The Bertz CT molecular complexity index is 888. The van der Waals surface area contributed by atoms with E-state index in [1.54, 1.807) is 6.20 Å². The molecule has 2 aromatic heterocycles. The van der Waals surface area contributed by atoms with E-state index in [9.17, 15) is 4.79 Å². The van der Waals surface area contributed by atoms with Gasteiger partial charge in [-0.05, 0) is 80.3 Å². The van der Waals surface area contributed by atoms with Gasteiger partial charge in [0.2, 0.25) is 0 Å². The van der Waals surface area contributed by atoms with E-state index in [2.05, 4.69) is 40.8 Å². The molecule has 3 atom stereocenters. The summed E-state index contributed by atoms with van der Waals surface area (Å²) in [4.78, 5) is 17.9. The molecule has 140 valence electrons. The fourth-order valence-corrected chi connectivity index (χ4v) is 4.84. The molecule has 1 aliphatic carbocycles. The maximum Gasteiger partial charge on any atom is 0.334 e. The summed E-state index contributed by atoms with van der Waals surface area (Å²) in [6.07, 6.45) is 10.8. The third-order valence-electron chi connectivity index (χ3n) is 5.53. The molecule has 0 spiro atoms. The standard InChI is InChI=1S/C20H26BrN3O2/c1-13-8-15(9-14(2)26-13)12-23-18-10-16(21)11-22-19(18)24(20(23)25)17-6-4-3-5-7-17/h6,10-11,13-15H,3-5,7-9,12H2,1-2H3/t13-,14+,15+. The van der Waals surface area contributed by atoms with Gasteiger partial charge in [0.15, 0.2) is 5.65 Å². The molecule has 0 unspecified atom stereocenters. The van der Waals surface area contributed by atoms with E-state index >= 15 is 0 Å². The number of fused-ring (bicyclic) bond motifs is 1. The lowest BCUT2D eigenvalue weighted by Crippen LogP contribution is -2.34. The molecule has 26 heavy (non-hydrogen) atoms. The van der Waals surface area contributed by atoms with Gasteiger partial charge in [-0.2, -0.15) is 0 Å². The summed E-state index contributed by atoms with van der Waals surface area (Å²) in [5, 5.41) is 0. The van der Waals surface area contributed by atoms with Crippen LogP contribution in [-0.2, 0) is 11.3 Å². The highest BCUT2D eigenvalue weighted by Gasteiger charge is 2.27. The van der Waals surface area contributed by atoms with Crippen molar-refractivity contribution in [1.82, 2.24) is 14.1 Å². The molecule has 4 rings (SSSR count). The highest BCUT2D eigenvalue weighted by atomic mass is 79.9. The van der Waals surface area contributed by atoms with E-state index in [-0.39, 0.29) is 17.9 Å². The molecule has 2 aliphatic rings. The first kappa shape index (κ1) is 18.0. The van der Waals surface area contributed by atoms with Gasteiger partial charge in [-0.3, -0.25) is 4.57 Å². The molecule has 1 aliphatic heterocycles. The van der Waals surface area contributed by atoms with Gasteiger partial charge in [-0.1, -0.05) is 6.08 Å². The van der Waals surface area contributed by atoms with Crippen LogP contribution >= 0.6 is 15.9 Å². The van der Waals surface area contributed by atoms with Crippen LogP contribution in [0, 0.1) is 5.92 Å². The van der Waals surface area contributed by atoms with Crippen LogP contribution in [-0.4, -0.2) is 26.3 Å². The zero-order valence-electron chi connectivity index (χ0n) is 15.4. The van der Waals surface area contributed by atoms with Crippen LogP contribution in [0.1, 0.15) is 52.4 Å². The fraction of sp³-hybridized carbons (Fsp3) is 0.600. The number of imidazole rings is 1. The number of rotatable bonds is 3. The molecule has 1 fully saturated rings. The molecule has 6 heteroatoms. The minimum absolute atomic E-state index is 0.0468. The van der Waals surface area contributed by atoms with Crippen molar-refractivity contribution in [2.45, 2.75) is 71.1 Å². The molecule has 0 saturated carbocycles. The average Bonchev–Trinajstić information content (AvgIpc) is 2.86. The Hall–Kier alpha value is -1.40. The van der Waals surface area contributed by atoms with Crippen LogP contribution < -0.4 is 5.69 Å². The van der Waals surface area contributed by atoms with Crippen molar-refractivity contribution in [1.29, 1.82) is 0 Å². The lowest BCUT2D eigenvalue weighted by molar-refractivity contribution is -0.0548. The Morgan fingerprint density at radius 3 is 2.73 bits per heavy atom. The molecule has 0 N–H and O–H groups in total. The average molecular weight is 420 g/mol. The lowest BCUT2D eigenvalue weighted by Gasteiger charge is -2.32. The highest BCUT2D eigenvalue weighted by Crippen LogP contribution is 2.29. The molecular formula is C20H26BrN3O2. The second kappa shape index (κ2) is 7.31. The minimum Gasteiger partial charge on any atom is -0.376 e. The molecule has 5 nitrogen and oxygen atoms in total. The van der Waals surface area contributed by atoms with E-state index < -0.39 is 0 Å². The normalized spacial score (nSPS) is 26.9. The van der Waals surface area contributed by atoms with Crippen molar-refractivity contribution in [2.24, 2.45) is 5.92 Å². The molecule has 2 aromatic rings. The number of aromatic nitrogens is 3. The minimum atomic E-state index is 0.0468. The van der Waals surface area contributed by atoms with Crippen molar-refractivity contribution < 1.29 is 4.74 Å². The largest absolute Gasteiger partial charge is 0.376 e. The van der Waals surface area contributed by atoms with E-state index in [1.807, 2.05) is 15.2 Å². The van der Waals surface area contributed by atoms with Crippen LogP contribution in [0.3, 0.4) is 0 Å². The van der Waals surface area contributed by atoms with Gasteiger partial charge in [0.05, 0.1) is 17.7 Å². The number of pyridine rings is 1. The van der Waals surface area contributed by atoms with Crippen LogP contribution in [0.2, 0.25) is 0 Å². The first-order valence-corrected chi connectivity index (χ1v) is 10.4. The third kappa shape index (κ3) is 3.41. The Kier molecular flexibility index (Phi) is 5.06. The van der Waals surface area contributed by atoms with Gasteiger partial charge in [0.1, 0.15) is 0 Å². The summed E-state index contributed by atoms with van der Waals surface area (Å²) in [6, 6.07) is 2.02. The Balaban J connectivity index is 1.79. The number of halogens is 1. The van der Waals surface area contributed by atoms with Crippen molar-refractivity contribution in [3.63, 3.8) is 0 Å². The molecule has 0 bridgehead atoms. The maximum atomic E-state index is 13.3. The van der Waals surface area contributed by atoms with Crippen molar-refractivity contribution in [3.05, 3.63) is 33.3 Å². The van der Waals surface area contributed by atoms with E-state index in [4.69, 9.17) is 4.74 Å². The second-order valence-electron chi connectivity index (χ2n) is 7.76. The van der Waals surface area contributed by atoms with Gasteiger partial charge in [0.25, 0.3) is 0 Å². The van der Waals surface area contributed by atoms with Crippen LogP contribution in [0.25, 0.3) is 16.9 Å². The summed E-state index contributed by atoms with van der Waals surface area (Å²) in [5.41, 5.74) is 2.85. The predicted octanol–water partition coefficient (Wildman–Crippen LogP) is 4.58. The monoisotopic (exact) mass is 419 g/mol. The number of nitrogens with zero attached hydrogens (tertiary/aromatic N) is 3. The zero-order valence-corrected chi connectivity index (χ0v) is 17.0. The summed E-state index contributed by atoms with van der Waals surface area (Å²) in [6.45, 7) is 4.98. The van der Waals surface area contributed by atoms with Crippen LogP contribution in [0.5, 0.6) is 0 Å². The summed E-state index contributed by atoms with van der Waals surface area (Å²) in [5.74, 6) is 0.449. The van der Waals surface area contributed by atoms with Crippen molar-refractivity contribution >= 4 is 32.8 Å². The molecule has 0 amide bonds. The Morgan fingerprint density at radius 2 is 2.04 bits per heavy atom. The maximum absolute atomic E-state index is 13.3. The SMILES string of the molecule is C[C@@H]1C[C@H](Cn2c(=O)n(C3=CCCCC3)c3ncc(Br)cc32)C[C@H](C)O1. The van der Waals surface area contributed by atoms with Crippen LogP contribution in [0.15, 0.2) is 27.6 Å².